The summed E-state index contributed by atoms with van der Waals surface area (Å²) < 4.78 is 39.4. The highest BCUT2D eigenvalue weighted by Gasteiger charge is 2.38. The van der Waals surface area contributed by atoms with E-state index >= 15 is 0 Å². The van der Waals surface area contributed by atoms with Gasteiger partial charge in [-0.05, 0) is 32.0 Å². The second kappa shape index (κ2) is 8.13. The van der Waals surface area contributed by atoms with Crippen molar-refractivity contribution in [2.45, 2.75) is 30.3 Å². The Labute approximate surface area is 170 Å². The molecule has 1 atom stereocenters. The first kappa shape index (κ1) is 19.9. The molecule has 0 amide bonds. The topological polar surface area (TPSA) is 106 Å². The van der Waals surface area contributed by atoms with Crippen molar-refractivity contribution in [3.63, 3.8) is 0 Å². The monoisotopic (exact) mass is 419 g/mol. The van der Waals surface area contributed by atoms with E-state index in [1.807, 2.05) is 13.1 Å². The predicted molar refractivity (Wildman–Crippen MR) is 108 cm³/mol. The summed E-state index contributed by atoms with van der Waals surface area (Å²) in [6.45, 7) is 1.87. The molecule has 2 N–H and O–H groups in total. The van der Waals surface area contributed by atoms with Crippen LogP contribution in [0.25, 0.3) is 0 Å². The number of nitrogens with one attached hydrogen (secondary N) is 2. The van der Waals surface area contributed by atoms with Crippen LogP contribution in [0.3, 0.4) is 0 Å². The van der Waals surface area contributed by atoms with E-state index < -0.39 is 16.1 Å². The maximum Gasteiger partial charge on any atom is 0.243 e. The number of benzene rings is 1. The molecule has 1 saturated heterocycles. The van der Waals surface area contributed by atoms with Gasteiger partial charge in [0.15, 0.2) is 11.5 Å². The van der Waals surface area contributed by atoms with Crippen LogP contribution in [0.4, 0.5) is 5.82 Å². The molecule has 0 aliphatic carbocycles. The van der Waals surface area contributed by atoms with Crippen molar-refractivity contribution in [1.82, 2.24) is 19.6 Å². The summed E-state index contributed by atoms with van der Waals surface area (Å²) in [5.41, 5.74) is 0.811. The van der Waals surface area contributed by atoms with Crippen molar-refractivity contribution in [1.29, 1.82) is 0 Å². The van der Waals surface area contributed by atoms with Crippen molar-refractivity contribution < 1.29 is 17.9 Å². The molecule has 29 heavy (non-hydrogen) atoms. The number of fused-ring (bicyclic) bond motifs is 1. The Morgan fingerprint density at radius 1 is 1.14 bits per heavy atom. The molecule has 2 aromatic rings. The van der Waals surface area contributed by atoms with Crippen molar-refractivity contribution in [2.24, 2.45) is 0 Å². The molecular weight excluding hydrogens is 394 g/mol. The summed E-state index contributed by atoms with van der Waals surface area (Å²) in [7, 11) is -0.105. The normalized spacial score (nSPS) is 19.3. The Bertz CT molecular complexity index is 998. The van der Waals surface area contributed by atoms with Crippen LogP contribution in [-0.2, 0) is 16.6 Å². The van der Waals surface area contributed by atoms with E-state index in [2.05, 4.69) is 20.6 Å². The van der Waals surface area contributed by atoms with Crippen LogP contribution >= 0.6 is 0 Å². The lowest BCUT2D eigenvalue weighted by Crippen LogP contribution is -2.32. The van der Waals surface area contributed by atoms with Crippen molar-refractivity contribution in [3.05, 3.63) is 35.8 Å². The van der Waals surface area contributed by atoms with Crippen LogP contribution in [-0.4, -0.2) is 56.5 Å². The van der Waals surface area contributed by atoms with E-state index in [1.54, 1.807) is 19.2 Å². The Balaban J connectivity index is 1.68. The maximum atomic E-state index is 13.4. The van der Waals surface area contributed by atoms with E-state index in [4.69, 9.17) is 9.47 Å². The lowest BCUT2D eigenvalue weighted by Gasteiger charge is -2.25. The number of rotatable bonds is 6. The summed E-state index contributed by atoms with van der Waals surface area (Å²) in [5.74, 6) is 2.21. The van der Waals surface area contributed by atoms with Crippen LogP contribution in [0.2, 0.25) is 0 Å². The van der Waals surface area contributed by atoms with Gasteiger partial charge >= 0.3 is 0 Å². The van der Waals surface area contributed by atoms with Gasteiger partial charge in [-0.2, -0.15) is 4.31 Å². The fourth-order valence-electron chi connectivity index (χ4n) is 3.67. The van der Waals surface area contributed by atoms with Gasteiger partial charge in [-0.25, -0.2) is 18.4 Å². The molecule has 1 fully saturated rings. The number of sulfonamides is 1. The van der Waals surface area contributed by atoms with Gasteiger partial charge in [0.05, 0.1) is 16.6 Å². The summed E-state index contributed by atoms with van der Waals surface area (Å²) in [6, 6.07) is 6.20. The first-order valence-corrected chi connectivity index (χ1v) is 11.1. The Morgan fingerprint density at radius 2 is 1.93 bits per heavy atom. The van der Waals surface area contributed by atoms with E-state index in [-0.39, 0.29) is 4.90 Å². The first-order valence-electron chi connectivity index (χ1n) is 9.64. The second-order valence-corrected chi connectivity index (χ2v) is 8.85. The Kier molecular flexibility index (Phi) is 5.57. The molecule has 0 radical (unpaired) electrons. The maximum absolute atomic E-state index is 13.4. The van der Waals surface area contributed by atoms with Crippen molar-refractivity contribution >= 4 is 15.8 Å². The number of anilines is 1. The first-order chi connectivity index (χ1) is 14.0. The Morgan fingerprint density at radius 3 is 2.69 bits per heavy atom. The zero-order valence-electron chi connectivity index (χ0n) is 16.5. The predicted octanol–water partition coefficient (Wildman–Crippen LogP) is 1.53. The highest BCUT2D eigenvalue weighted by molar-refractivity contribution is 7.89. The van der Waals surface area contributed by atoms with Crippen LogP contribution in [0.1, 0.15) is 30.4 Å². The summed E-state index contributed by atoms with van der Waals surface area (Å²) in [6.07, 6.45) is 1.43. The molecule has 10 heteroatoms. The molecule has 1 aromatic carbocycles. The summed E-state index contributed by atoms with van der Waals surface area (Å²) in [5, 5.41) is 6.11. The Hall–Kier alpha value is -2.43. The third-order valence-corrected chi connectivity index (χ3v) is 6.94. The molecular formula is C19H25N5O4S. The van der Waals surface area contributed by atoms with Crippen LogP contribution in [0.5, 0.6) is 11.5 Å². The quantitative estimate of drug-likeness (QED) is 0.726. The molecule has 0 saturated carbocycles. The zero-order chi connectivity index (χ0) is 20.4. The molecule has 2 aliphatic heterocycles. The smallest absolute Gasteiger partial charge is 0.243 e. The zero-order valence-corrected chi connectivity index (χ0v) is 17.3. The number of nitrogens with zero attached hydrogens (tertiary/aromatic N) is 3. The SMILES string of the molecule is CNCc1cc(NC)nc([C@H]2CCCN2S(=O)(=O)c2ccc3c(c2)OCCO3)n1. The molecule has 4 rings (SSSR count). The number of ether oxygens (including phenoxy) is 2. The van der Waals surface area contributed by atoms with E-state index in [1.165, 1.54) is 10.4 Å². The van der Waals surface area contributed by atoms with Crippen LogP contribution < -0.4 is 20.1 Å². The third kappa shape index (κ3) is 3.87. The van der Waals surface area contributed by atoms with E-state index in [0.717, 1.165) is 12.1 Å². The molecule has 0 spiro atoms. The number of hydrogen-bond acceptors (Lipinski definition) is 8. The minimum Gasteiger partial charge on any atom is -0.486 e. The summed E-state index contributed by atoms with van der Waals surface area (Å²) in [4.78, 5) is 9.35. The van der Waals surface area contributed by atoms with E-state index in [9.17, 15) is 8.42 Å². The highest BCUT2D eigenvalue weighted by atomic mass is 32.2. The number of aromatic nitrogens is 2. The van der Waals surface area contributed by atoms with Gasteiger partial charge in [-0.1, -0.05) is 0 Å². The lowest BCUT2D eigenvalue weighted by atomic mass is 10.2. The van der Waals surface area contributed by atoms with Gasteiger partial charge in [-0.3, -0.25) is 0 Å². The van der Waals surface area contributed by atoms with Gasteiger partial charge < -0.3 is 20.1 Å². The van der Waals surface area contributed by atoms with Crippen molar-refractivity contribution in [3.8, 4) is 11.5 Å². The highest BCUT2D eigenvalue weighted by Crippen LogP contribution is 2.38. The standard InChI is InChI=1S/C19H25N5O4S/c1-20-12-13-10-18(21-2)23-19(22-13)15-4-3-7-24(15)29(25,26)14-5-6-16-17(11-14)28-9-8-27-16/h5-6,10-11,15,20H,3-4,7-9,12H2,1-2H3,(H,21,22,23)/t15-/m1/s1. The van der Waals surface area contributed by atoms with Gasteiger partial charge in [0.2, 0.25) is 10.0 Å². The molecule has 156 valence electrons. The van der Waals surface area contributed by atoms with Crippen molar-refractivity contribution in [2.75, 3.05) is 39.2 Å². The van der Waals surface area contributed by atoms with Gasteiger partial charge in [0, 0.05) is 32.3 Å². The van der Waals surface area contributed by atoms with Crippen LogP contribution in [0, 0.1) is 0 Å². The third-order valence-electron chi connectivity index (χ3n) is 5.03. The van der Waals surface area contributed by atoms with Crippen LogP contribution in [0.15, 0.2) is 29.2 Å². The minimum atomic E-state index is -3.73. The van der Waals surface area contributed by atoms with Gasteiger partial charge in [0.1, 0.15) is 24.9 Å². The molecule has 3 heterocycles. The van der Waals surface area contributed by atoms with E-state index in [0.29, 0.717) is 55.9 Å². The number of hydrogen-bond donors (Lipinski definition) is 2. The minimum absolute atomic E-state index is 0.189. The molecule has 0 bridgehead atoms. The fourth-order valence-corrected chi connectivity index (χ4v) is 5.34. The average Bonchev–Trinajstić information content (AvgIpc) is 3.24. The largest absolute Gasteiger partial charge is 0.486 e. The average molecular weight is 420 g/mol. The summed E-state index contributed by atoms with van der Waals surface area (Å²) >= 11 is 0. The molecule has 0 unspecified atom stereocenters. The molecule has 2 aliphatic rings. The molecule has 9 nitrogen and oxygen atoms in total. The molecule has 1 aromatic heterocycles. The van der Waals surface area contributed by atoms with Gasteiger partial charge in [-0.15, -0.1) is 0 Å². The van der Waals surface area contributed by atoms with Gasteiger partial charge in [0.25, 0.3) is 0 Å². The fraction of sp³-hybridized carbons (Fsp3) is 0.474. The second-order valence-electron chi connectivity index (χ2n) is 6.96. The lowest BCUT2D eigenvalue weighted by molar-refractivity contribution is 0.171.